The van der Waals surface area contributed by atoms with E-state index < -0.39 is 0 Å². The highest BCUT2D eigenvalue weighted by Crippen LogP contribution is 2.33. The SMILES string of the molecule is COc1cc(C)c(C(C)NC(=O)c2cc(C)nc3cc(F)ccc23)cc1OC. The van der Waals surface area contributed by atoms with E-state index in [1.165, 1.54) is 12.1 Å². The van der Waals surface area contributed by atoms with Gasteiger partial charge in [0, 0.05) is 17.1 Å². The summed E-state index contributed by atoms with van der Waals surface area (Å²) >= 11 is 0. The smallest absolute Gasteiger partial charge is 0.252 e. The van der Waals surface area contributed by atoms with Crippen molar-refractivity contribution in [3.8, 4) is 11.5 Å². The fourth-order valence-corrected chi connectivity index (χ4v) is 3.34. The van der Waals surface area contributed by atoms with Gasteiger partial charge >= 0.3 is 0 Å². The Bertz CT molecular complexity index is 1040. The standard InChI is InChI=1S/C22H23FN2O3/c1-12-8-20(27-4)21(28-5)11-17(12)14(3)25-22(26)18-9-13(2)24-19-10-15(23)6-7-16(18)19/h6-11,14H,1-5H3,(H,25,26). The van der Waals surface area contributed by atoms with Gasteiger partial charge in [0.05, 0.1) is 31.3 Å². The molecular formula is C22H23FN2O3. The fourth-order valence-electron chi connectivity index (χ4n) is 3.34. The number of fused-ring (bicyclic) bond motifs is 1. The number of hydrogen-bond acceptors (Lipinski definition) is 4. The molecule has 0 bridgehead atoms. The molecule has 0 aliphatic carbocycles. The van der Waals surface area contributed by atoms with Crippen LogP contribution in [-0.4, -0.2) is 25.1 Å². The third-order valence-electron chi connectivity index (χ3n) is 4.73. The zero-order chi connectivity index (χ0) is 20.4. The van der Waals surface area contributed by atoms with Gasteiger partial charge in [-0.05, 0) is 62.2 Å². The molecule has 1 atom stereocenters. The molecule has 0 radical (unpaired) electrons. The summed E-state index contributed by atoms with van der Waals surface area (Å²) in [6.45, 7) is 5.64. The van der Waals surface area contributed by atoms with E-state index in [1.54, 1.807) is 33.3 Å². The highest BCUT2D eigenvalue weighted by molar-refractivity contribution is 6.06. The number of aryl methyl sites for hydroxylation is 2. The van der Waals surface area contributed by atoms with Gasteiger partial charge in [-0.25, -0.2) is 4.39 Å². The molecule has 0 saturated carbocycles. The van der Waals surface area contributed by atoms with Gasteiger partial charge in [-0.2, -0.15) is 0 Å². The average molecular weight is 382 g/mol. The Kier molecular flexibility index (Phi) is 5.49. The fraction of sp³-hybridized carbons (Fsp3) is 0.273. The van der Waals surface area contributed by atoms with Gasteiger partial charge in [0.25, 0.3) is 5.91 Å². The van der Waals surface area contributed by atoms with Crippen LogP contribution in [0.1, 0.15) is 40.1 Å². The number of methoxy groups -OCH3 is 2. The van der Waals surface area contributed by atoms with Gasteiger partial charge in [0.2, 0.25) is 0 Å². The van der Waals surface area contributed by atoms with Gasteiger partial charge in [-0.3, -0.25) is 9.78 Å². The summed E-state index contributed by atoms with van der Waals surface area (Å²) < 4.78 is 24.2. The Morgan fingerprint density at radius 1 is 1.07 bits per heavy atom. The van der Waals surface area contributed by atoms with Crippen LogP contribution in [-0.2, 0) is 0 Å². The van der Waals surface area contributed by atoms with Crippen molar-refractivity contribution in [1.29, 1.82) is 0 Å². The summed E-state index contributed by atoms with van der Waals surface area (Å²) in [6, 6.07) is 9.44. The Labute approximate surface area is 163 Å². The van der Waals surface area contributed by atoms with Crippen molar-refractivity contribution >= 4 is 16.8 Å². The molecule has 6 heteroatoms. The molecule has 1 heterocycles. The van der Waals surface area contributed by atoms with Crippen LogP contribution >= 0.6 is 0 Å². The molecule has 146 valence electrons. The number of pyridine rings is 1. The van der Waals surface area contributed by atoms with Gasteiger partial charge in [0.15, 0.2) is 11.5 Å². The number of nitrogens with zero attached hydrogens (tertiary/aromatic N) is 1. The first kappa shape index (κ1) is 19.6. The Morgan fingerprint density at radius 2 is 1.75 bits per heavy atom. The number of hydrogen-bond donors (Lipinski definition) is 1. The van der Waals surface area contributed by atoms with E-state index in [9.17, 15) is 9.18 Å². The molecule has 5 nitrogen and oxygen atoms in total. The number of carbonyl (C=O) groups is 1. The second-order valence-electron chi connectivity index (χ2n) is 6.73. The van der Waals surface area contributed by atoms with Crippen LogP contribution in [0.2, 0.25) is 0 Å². The van der Waals surface area contributed by atoms with Crippen LogP contribution < -0.4 is 14.8 Å². The van der Waals surface area contributed by atoms with E-state index >= 15 is 0 Å². The van der Waals surface area contributed by atoms with Gasteiger partial charge in [-0.15, -0.1) is 0 Å². The zero-order valence-corrected chi connectivity index (χ0v) is 16.6. The predicted octanol–water partition coefficient (Wildman–Crippen LogP) is 4.50. The first-order chi connectivity index (χ1) is 13.3. The number of benzene rings is 2. The maximum Gasteiger partial charge on any atom is 0.252 e. The minimum absolute atomic E-state index is 0.246. The largest absolute Gasteiger partial charge is 0.493 e. The number of nitrogens with one attached hydrogen (secondary N) is 1. The van der Waals surface area contributed by atoms with E-state index in [2.05, 4.69) is 10.3 Å². The number of aromatic nitrogens is 1. The quantitative estimate of drug-likeness (QED) is 0.706. The summed E-state index contributed by atoms with van der Waals surface area (Å²) in [5.41, 5.74) is 3.47. The van der Waals surface area contributed by atoms with Crippen LogP contribution in [0.4, 0.5) is 4.39 Å². The number of amides is 1. The van der Waals surface area contributed by atoms with Crippen LogP contribution in [0, 0.1) is 19.7 Å². The first-order valence-corrected chi connectivity index (χ1v) is 8.94. The average Bonchev–Trinajstić information content (AvgIpc) is 2.66. The summed E-state index contributed by atoms with van der Waals surface area (Å²) in [5.74, 6) is 0.611. The lowest BCUT2D eigenvalue weighted by Crippen LogP contribution is -2.27. The van der Waals surface area contributed by atoms with Crippen molar-refractivity contribution in [3.63, 3.8) is 0 Å². The molecule has 0 spiro atoms. The molecule has 3 aromatic rings. The second-order valence-corrected chi connectivity index (χ2v) is 6.73. The zero-order valence-electron chi connectivity index (χ0n) is 16.6. The van der Waals surface area contributed by atoms with E-state index in [1.807, 2.05) is 26.0 Å². The van der Waals surface area contributed by atoms with Gasteiger partial charge in [0.1, 0.15) is 5.82 Å². The molecule has 3 rings (SSSR count). The predicted molar refractivity (Wildman–Crippen MR) is 107 cm³/mol. The van der Waals surface area contributed by atoms with Crippen molar-refractivity contribution in [2.24, 2.45) is 0 Å². The van der Waals surface area contributed by atoms with Crippen LogP contribution in [0.15, 0.2) is 36.4 Å². The number of ether oxygens (including phenoxy) is 2. The van der Waals surface area contributed by atoms with E-state index in [-0.39, 0.29) is 17.8 Å². The Hall–Kier alpha value is -3.15. The van der Waals surface area contributed by atoms with Crippen molar-refractivity contribution in [2.75, 3.05) is 14.2 Å². The van der Waals surface area contributed by atoms with Crippen molar-refractivity contribution < 1.29 is 18.7 Å². The monoisotopic (exact) mass is 382 g/mol. The third kappa shape index (κ3) is 3.76. The molecule has 0 fully saturated rings. The minimum atomic E-state index is -0.383. The molecule has 1 N–H and O–H groups in total. The molecule has 0 aliphatic heterocycles. The summed E-state index contributed by atoms with van der Waals surface area (Å²) in [7, 11) is 3.16. The summed E-state index contributed by atoms with van der Waals surface area (Å²) in [6.07, 6.45) is 0. The van der Waals surface area contributed by atoms with E-state index in [4.69, 9.17) is 9.47 Å². The lowest BCUT2D eigenvalue weighted by molar-refractivity contribution is 0.0941. The number of carbonyl (C=O) groups excluding carboxylic acids is 1. The first-order valence-electron chi connectivity index (χ1n) is 8.94. The van der Waals surface area contributed by atoms with Crippen LogP contribution in [0.25, 0.3) is 10.9 Å². The molecule has 0 aliphatic rings. The van der Waals surface area contributed by atoms with E-state index in [0.29, 0.717) is 33.7 Å². The normalized spacial score (nSPS) is 11.9. The van der Waals surface area contributed by atoms with Gasteiger partial charge < -0.3 is 14.8 Å². The molecule has 0 saturated heterocycles. The highest BCUT2D eigenvalue weighted by atomic mass is 19.1. The Balaban J connectivity index is 1.95. The van der Waals surface area contributed by atoms with E-state index in [0.717, 1.165) is 11.1 Å². The minimum Gasteiger partial charge on any atom is -0.493 e. The lowest BCUT2D eigenvalue weighted by atomic mass is 10.0. The maximum atomic E-state index is 13.5. The highest BCUT2D eigenvalue weighted by Gasteiger charge is 2.18. The van der Waals surface area contributed by atoms with Crippen LogP contribution in [0.5, 0.6) is 11.5 Å². The van der Waals surface area contributed by atoms with Crippen LogP contribution in [0.3, 0.4) is 0 Å². The van der Waals surface area contributed by atoms with Gasteiger partial charge in [-0.1, -0.05) is 0 Å². The maximum absolute atomic E-state index is 13.5. The molecule has 2 aromatic carbocycles. The number of halogens is 1. The molecule has 28 heavy (non-hydrogen) atoms. The lowest BCUT2D eigenvalue weighted by Gasteiger charge is -2.19. The van der Waals surface area contributed by atoms with Crippen molar-refractivity contribution in [3.05, 3.63) is 64.6 Å². The van der Waals surface area contributed by atoms with Crippen molar-refractivity contribution in [1.82, 2.24) is 10.3 Å². The molecule has 1 amide bonds. The molecule has 1 aromatic heterocycles. The Morgan fingerprint density at radius 3 is 2.43 bits per heavy atom. The summed E-state index contributed by atoms with van der Waals surface area (Å²) in [4.78, 5) is 17.3. The molecular weight excluding hydrogens is 359 g/mol. The van der Waals surface area contributed by atoms with Crippen molar-refractivity contribution in [2.45, 2.75) is 26.8 Å². The number of rotatable bonds is 5. The molecule has 1 unspecified atom stereocenters. The topological polar surface area (TPSA) is 60.5 Å². The summed E-state index contributed by atoms with van der Waals surface area (Å²) in [5, 5.41) is 3.63. The third-order valence-corrected chi connectivity index (χ3v) is 4.73. The second kappa shape index (κ2) is 7.84.